The number of rotatable bonds is 3. The molecule has 0 radical (unpaired) electrons. The molecule has 0 saturated heterocycles. The summed E-state index contributed by atoms with van der Waals surface area (Å²) in [4.78, 5) is 10.9. The van der Waals surface area contributed by atoms with Crippen molar-refractivity contribution < 1.29 is 4.74 Å². The van der Waals surface area contributed by atoms with E-state index in [2.05, 4.69) is 16.9 Å². The molecular weight excluding hydrogens is 306 g/mol. The number of nitrogens with two attached hydrogens (primary N) is 1. The summed E-state index contributed by atoms with van der Waals surface area (Å²) in [7, 11) is 0. The topological polar surface area (TPSA) is 61.0 Å². The van der Waals surface area contributed by atoms with Gasteiger partial charge < -0.3 is 10.5 Å². The second kappa shape index (κ2) is 5.50. The van der Waals surface area contributed by atoms with Crippen LogP contribution in [0.25, 0.3) is 10.2 Å². The second-order valence-electron chi connectivity index (χ2n) is 4.71. The quantitative estimate of drug-likeness (QED) is 0.788. The van der Waals surface area contributed by atoms with E-state index >= 15 is 0 Å². The van der Waals surface area contributed by atoms with E-state index in [4.69, 9.17) is 22.1 Å². The Labute approximate surface area is 131 Å². The van der Waals surface area contributed by atoms with Crippen LogP contribution < -0.4 is 10.5 Å². The number of nitrogens with zero attached hydrogens (tertiary/aromatic N) is 2. The number of thiophene rings is 1. The molecule has 0 saturated carbocycles. The summed E-state index contributed by atoms with van der Waals surface area (Å²) in [5, 5.41) is 1.51. The first-order valence-electron chi connectivity index (χ1n) is 6.45. The molecule has 0 aliphatic rings. The van der Waals surface area contributed by atoms with Crippen LogP contribution in [0.15, 0.2) is 24.3 Å². The molecule has 108 valence electrons. The Bertz CT molecular complexity index is 816. The van der Waals surface area contributed by atoms with E-state index in [1.54, 1.807) is 17.4 Å². The number of aromatic nitrogens is 2. The molecule has 0 aliphatic heterocycles. The van der Waals surface area contributed by atoms with Gasteiger partial charge in [-0.15, -0.1) is 11.3 Å². The molecule has 0 aliphatic carbocycles. The molecule has 6 heteroatoms. The van der Waals surface area contributed by atoms with E-state index in [-0.39, 0.29) is 6.61 Å². The van der Waals surface area contributed by atoms with Crippen LogP contribution in [0.5, 0.6) is 5.75 Å². The maximum atomic E-state index is 6.05. The summed E-state index contributed by atoms with van der Waals surface area (Å²) in [6.07, 6.45) is 0. The lowest BCUT2D eigenvalue weighted by molar-refractivity contribution is 0.297. The molecule has 3 rings (SSSR count). The Morgan fingerprint density at radius 2 is 2.00 bits per heavy atom. The maximum Gasteiger partial charge on any atom is 0.169 e. The average molecular weight is 320 g/mol. The Morgan fingerprint density at radius 1 is 1.24 bits per heavy atom. The molecule has 0 spiro atoms. The lowest BCUT2D eigenvalue weighted by atomic mass is 10.2. The Kier molecular flexibility index (Phi) is 3.69. The summed E-state index contributed by atoms with van der Waals surface area (Å²) in [5.41, 5.74) is 7.19. The van der Waals surface area contributed by atoms with Crippen LogP contribution >= 0.6 is 22.9 Å². The van der Waals surface area contributed by atoms with Crippen LogP contribution in [-0.4, -0.2) is 9.97 Å². The average Bonchev–Trinajstić information content (AvgIpc) is 2.73. The molecule has 0 fully saturated rings. The summed E-state index contributed by atoms with van der Waals surface area (Å²) < 4.78 is 5.66. The van der Waals surface area contributed by atoms with E-state index < -0.39 is 0 Å². The van der Waals surface area contributed by atoms with E-state index in [1.807, 2.05) is 25.1 Å². The van der Waals surface area contributed by atoms with Gasteiger partial charge in [0.2, 0.25) is 0 Å². The van der Waals surface area contributed by atoms with Crippen molar-refractivity contribution in [2.24, 2.45) is 0 Å². The van der Waals surface area contributed by atoms with E-state index in [9.17, 15) is 0 Å². The molecule has 0 amide bonds. The van der Waals surface area contributed by atoms with Crippen molar-refractivity contribution in [2.45, 2.75) is 20.5 Å². The smallest absolute Gasteiger partial charge is 0.169 e. The van der Waals surface area contributed by atoms with Gasteiger partial charge in [0.15, 0.2) is 5.82 Å². The second-order valence-corrected chi connectivity index (χ2v) is 6.32. The first-order valence-corrected chi connectivity index (χ1v) is 7.65. The monoisotopic (exact) mass is 319 g/mol. The zero-order valence-corrected chi connectivity index (χ0v) is 13.3. The van der Waals surface area contributed by atoms with Gasteiger partial charge in [-0.25, -0.2) is 9.97 Å². The maximum absolute atomic E-state index is 6.05. The van der Waals surface area contributed by atoms with Gasteiger partial charge in [-0.05, 0) is 31.5 Å². The predicted octanol–water partition coefficient (Wildman–Crippen LogP) is 4.12. The molecular formula is C15H14ClN3OS. The van der Waals surface area contributed by atoms with Gasteiger partial charge in [0.1, 0.15) is 23.0 Å². The fourth-order valence-corrected chi connectivity index (χ4v) is 3.34. The summed E-state index contributed by atoms with van der Waals surface area (Å²) in [6.45, 7) is 4.33. The highest BCUT2D eigenvalue weighted by Crippen LogP contribution is 2.32. The first-order chi connectivity index (χ1) is 10.1. The van der Waals surface area contributed by atoms with Gasteiger partial charge in [-0.3, -0.25) is 0 Å². The van der Waals surface area contributed by atoms with Gasteiger partial charge in [-0.1, -0.05) is 23.7 Å². The number of nitrogen functional groups attached to an aromatic ring is 1. The lowest BCUT2D eigenvalue weighted by Crippen LogP contribution is -2.04. The minimum atomic E-state index is 0.236. The number of halogens is 1. The number of hydrogen-bond donors (Lipinski definition) is 1. The number of hydrogen-bond acceptors (Lipinski definition) is 5. The van der Waals surface area contributed by atoms with Gasteiger partial charge in [0.05, 0.1) is 10.4 Å². The van der Waals surface area contributed by atoms with Gasteiger partial charge in [0, 0.05) is 4.88 Å². The predicted molar refractivity (Wildman–Crippen MR) is 87.1 cm³/mol. The zero-order chi connectivity index (χ0) is 15.0. The van der Waals surface area contributed by atoms with Crippen molar-refractivity contribution in [3.63, 3.8) is 0 Å². The van der Waals surface area contributed by atoms with Crippen molar-refractivity contribution in [1.29, 1.82) is 0 Å². The Hall–Kier alpha value is -1.85. The molecule has 4 nitrogen and oxygen atoms in total. The third kappa shape index (κ3) is 2.66. The molecule has 2 N–H and O–H groups in total. The van der Waals surface area contributed by atoms with Crippen molar-refractivity contribution in [2.75, 3.05) is 5.73 Å². The summed E-state index contributed by atoms with van der Waals surface area (Å²) in [6, 6.07) is 7.31. The van der Waals surface area contributed by atoms with Crippen molar-refractivity contribution >= 4 is 39.0 Å². The van der Waals surface area contributed by atoms with Crippen LogP contribution in [0.1, 0.15) is 16.3 Å². The number of benzene rings is 1. The molecule has 2 heterocycles. The molecule has 0 unspecified atom stereocenters. The number of aryl methyl sites for hydroxylation is 2. The highest BCUT2D eigenvalue weighted by Gasteiger charge is 2.13. The summed E-state index contributed by atoms with van der Waals surface area (Å²) in [5.74, 6) is 1.67. The van der Waals surface area contributed by atoms with Gasteiger partial charge in [-0.2, -0.15) is 0 Å². The third-order valence-corrected chi connectivity index (χ3v) is 4.71. The van der Waals surface area contributed by atoms with Crippen molar-refractivity contribution in [3.8, 4) is 5.75 Å². The molecule has 21 heavy (non-hydrogen) atoms. The fourth-order valence-electron chi connectivity index (χ4n) is 2.10. The highest BCUT2D eigenvalue weighted by atomic mass is 35.5. The van der Waals surface area contributed by atoms with E-state index in [0.717, 1.165) is 15.8 Å². The molecule has 0 atom stereocenters. The van der Waals surface area contributed by atoms with E-state index in [1.165, 1.54) is 4.88 Å². The number of ether oxygens (including phenoxy) is 1. The largest absolute Gasteiger partial charge is 0.484 e. The zero-order valence-electron chi connectivity index (χ0n) is 11.7. The molecule has 1 aromatic carbocycles. The van der Waals surface area contributed by atoms with Crippen LogP contribution in [-0.2, 0) is 6.61 Å². The standard InChI is InChI=1S/C15H14ClN3OS/c1-8-9(2)21-15-13(8)14(17)18-12(19-15)7-20-11-6-4-3-5-10(11)16/h3-6H,7H2,1-2H3,(H2,17,18,19). The minimum Gasteiger partial charge on any atom is -0.484 e. The van der Waals surface area contributed by atoms with Crippen LogP contribution in [0, 0.1) is 13.8 Å². The first kappa shape index (κ1) is 14.1. The van der Waals surface area contributed by atoms with Gasteiger partial charge >= 0.3 is 0 Å². The molecule has 3 aromatic rings. The highest BCUT2D eigenvalue weighted by molar-refractivity contribution is 7.18. The number of para-hydroxylation sites is 1. The van der Waals surface area contributed by atoms with Crippen LogP contribution in [0.3, 0.4) is 0 Å². The summed E-state index contributed by atoms with van der Waals surface area (Å²) >= 11 is 7.67. The number of fused-ring (bicyclic) bond motifs is 1. The SMILES string of the molecule is Cc1sc2nc(COc3ccccc3Cl)nc(N)c2c1C. The molecule has 2 aromatic heterocycles. The van der Waals surface area contributed by atoms with Crippen LogP contribution in [0.4, 0.5) is 5.82 Å². The Balaban J connectivity index is 1.90. The third-order valence-electron chi connectivity index (χ3n) is 3.30. The van der Waals surface area contributed by atoms with Crippen molar-refractivity contribution in [3.05, 3.63) is 45.6 Å². The Morgan fingerprint density at radius 3 is 2.76 bits per heavy atom. The van der Waals surface area contributed by atoms with Crippen molar-refractivity contribution in [1.82, 2.24) is 9.97 Å². The molecule has 0 bridgehead atoms. The normalized spacial score (nSPS) is 11.0. The lowest BCUT2D eigenvalue weighted by Gasteiger charge is -2.07. The minimum absolute atomic E-state index is 0.236. The van der Waals surface area contributed by atoms with Gasteiger partial charge in [0.25, 0.3) is 0 Å². The fraction of sp³-hybridized carbons (Fsp3) is 0.200. The van der Waals surface area contributed by atoms with Crippen LogP contribution in [0.2, 0.25) is 5.02 Å². The number of anilines is 1. The van der Waals surface area contributed by atoms with E-state index in [0.29, 0.717) is 22.4 Å².